The lowest BCUT2D eigenvalue weighted by molar-refractivity contribution is 1.31. The van der Waals surface area contributed by atoms with Crippen LogP contribution in [0.2, 0.25) is 0 Å². The van der Waals surface area contributed by atoms with Crippen LogP contribution in [0.5, 0.6) is 0 Å². The highest BCUT2D eigenvalue weighted by atomic mass is 79.9. The first-order valence-corrected chi connectivity index (χ1v) is 7.73. The summed E-state index contributed by atoms with van der Waals surface area (Å²) in [5, 5.41) is 4.68. The average Bonchev–Trinajstić information content (AvgIpc) is 2.46. The molecule has 0 amide bonds. The first-order chi connectivity index (χ1) is 10.1. The van der Waals surface area contributed by atoms with E-state index in [0.29, 0.717) is 0 Å². The maximum atomic E-state index is 4.53. The standard InChI is InChI=1S/C18H17BrN2/c1-11-4-6-15-17(8-9-20-18(15)13(11)3)21-16-7-5-14(19)10-12(16)2/h4-10H,1-3H3,(H,20,21). The van der Waals surface area contributed by atoms with E-state index < -0.39 is 0 Å². The van der Waals surface area contributed by atoms with Gasteiger partial charge in [-0.25, -0.2) is 0 Å². The Morgan fingerprint density at radius 3 is 2.48 bits per heavy atom. The van der Waals surface area contributed by atoms with Gasteiger partial charge in [0.2, 0.25) is 0 Å². The molecule has 0 bridgehead atoms. The molecule has 1 aromatic heterocycles. The molecule has 3 aromatic rings. The van der Waals surface area contributed by atoms with Gasteiger partial charge in [-0.1, -0.05) is 28.1 Å². The van der Waals surface area contributed by atoms with Gasteiger partial charge in [0.1, 0.15) is 0 Å². The smallest absolute Gasteiger partial charge is 0.0754 e. The van der Waals surface area contributed by atoms with Gasteiger partial charge in [0.05, 0.1) is 5.52 Å². The third kappa shape index (κ3) is 2.66. The van der Waals surface area contributed by atoms with Crippen LogP contribution < -0.4 is 5.32 Å². The summed E-state index contributed by atoms with van der Waals surface area (Å²) in [4.78, 5) is 4.53. The molecule has 0 aliphatic carbocycles. The Morgan fingerprint density at radius 2 is 1.71 bits per heavy atom. The van der Waals surface area contributed by atoms with Crippen molar-refractivity contribution >= 4 is 38.2 Å². The van der Waals surface area contributed by atoms with Crippen molar-refractivity contribution in [3.8, 4) is 0 Å². The van der Waals surface area contributed by atoms with Crippen LogP contribution in [0.4, 0.5) is 11.4 Å². The maximum absolute atomic E-state index is 4.53. The van der Waals surface area contributed by atoms with Crippen molar-refractivity contribution < 1.29 is 0 Å². The largest absolute Gasteiger partial charge is 0.355 e. The van der Waals surface area contributed by atoms with Crippen molar-refractivity contribution in [1.82, 2.24) is 4.98 Å². The topological polar surface area (TPSA) is 24.9 Å². The van der Waals surface area contributed by atoms with E-state index in [0.717, 1.165) is 26.8 Å². The maximum Gasteiger partial charge on any atom is 0.0754 e. The Balaban J connectivity index is 2.11. The minimum Gasteiger partial charge on any atom is -0.355 e. The normalized spacial score (nSPS) is 10.9. The molecule has 0 spiro atoms. The molecule has 0 saturated carbocycles. The average molecular weight is 341 g/mol. The van der Waals surface area contributed by atoms with E-state index in [2.05, 4.69) is 71.3 Å². The van der Waals surface area contributed by atoms with Crippen LogP contribution in [0.3, 0.4) is 0 Å². The van der Waals surface area contributed by atoms with Crippen LogP contribution in [0.25, 0.3) is 10.9 Å². The molecule has 0 fully saturated rings. The summed E-state index contributed by atoms with van der Waals surface area (Å²) < 4.78 is 1.09. The number of hydrogen-bond donors (Lipinski definition) is 1. The molecule has 0 radical (unpaired) electrons. The molecule has 0 unspecified atom stereocenters. The summed E-state index contributed by atoms with van der Waals surface area (Å²) >= 11 is 3.50. The van der Waals surface area contributed by atoms with Crippen molar-refractivity contribution in [3.05, 3.63) is 63.8 Å². The highest BCUT2D eigenvalue weighted by molar-refractivity contribution is 9.10. The summed E-state index contributed by atoms with van der Waals surface area (Å²) in [7, 11) is 0. The predicted molar refractivity (Wildman–Crippen MR) is 93.4 cm³/mol. The fraction of sp³-hybridized carbons (Fsp3) is 0.167. The molecule has 21 heavy (non-hydrogen) atoms. The number of fused-ring (bicyclic) bond motifs is 1. The highest BCUT2D eigenvalue weighted by Crippen LogP contribution is 2.30. The van der Waals surface area contributed by atoms with Crippen LogP contribution >= 0.6 is 15.9 Å². The zero-order chi connectivity index (χ0) is 15.0. The quantitative estimate of drug-likeness (QED) is 0.650. The van der Waals surface area contributed by atoms with Crippen molar-refractivity contribution in [3.63, 3.8) is 0 Å². The molecule has 0 saturated heterocycles. The minimum absolute atomic E-state index is 1.06. The van der Waals surface area contributed by atoms with Crippen molar-refractivity contribution in [2.45, 2.75) is 20.8 Å². The van der Waals surface area contributed by atoms with Gasteiger partial charge >= 0.3 is 0 Å². The molecular weight excluding hydrogens is 324 g/mol. The SMILES string of the molecule is Cc1cc(Br)ccc1Nc1ccnc2c(C)c(C)ccc12. The molecule has 2 aromatic carbocycles. The molecule has 106 valence electrons. The number of nitrogens with one attached hydrogen (secondary N) is 1. The van der Waals surface area contributed by atoms with Gasteiger partial charge in [0.15, 0.2) is 0 Å². The van der Waals surface area contributed by atoms with Gasteiger partial charge in [0, 0.05) is 27.4 Å². The van der Waals surface area contributed by atoms with Gasteiger partial charge in [0.25, 0.3) is 0 Å². The Morgan fingerprint density at radius 1 is 0.905 bits per heavy atom. The second-order valence-electron chi connectivity index (χ2n) is 5.35. The number of anilines is 2. The molecule has 0 aliphatic rings. The van der Waals surface area contributed by atoms with Crippen LogP contribution in [0.15, 0.2) is 47.1 Å². The lowest BCUT2D eigenvalue weighted by Gasteiger charge is -2.13. The number of aryl methyl sites for hydroxylation is 3. The van der Waals surface area contributed by atoms with Crippen LogP contribution in [0, 0.1) is 20.8 Å². The number of pyridine rings is 1. The summed E-state index contributed by atoms with van der Waals surface area (Å²) in [6.45, 7) is 6.35. The van der Waals surface area contributed by atoms with Gasteiger partial charge in [-0.3, -0.25) is 4.98 Å². The third-order valence-corrected chi connectivity index (χ3v) is 4.39. The number of aromatic nitrogens is 1. The number of rotatable bonds is 2. The highest BCUT2D eigenvalue weighted by Gasteiger charge is 2.07. The number of nitrogens with zero attached hydrogens (tertiary/aromatic N) is 1. The van der Waals surface area contributed by atoms with Crippen molar-refractivity contribution in [2.75, 3.05) is 5.32 Å². The van der Waals surface area contributed by atoms with Gasteiger partial charge in [-0.05, 0) is 61.7 Å². The summed E-state index contributed by atoms with van der Waals surface area (Å²) in [6.07, 6.45) is 1.87. The summed E-state index contributed by atoms with van der Waals surface area (Å²) in [6, 6.07) is 12.6. The minimum atomic E-state index is 1.06. The van der Waals surface area contributed by atoms with Crippen molar-refractivity contribution in [2.24, 2.45) is 0 Å². The fourth-order valence-corrected chi connectivity index (χ4v) is 2.96. The first-order valence-electron chi connectivity index (χ1n) is 6.94. The predicted octanol–water partition coefficient (Wildman–Crippen LogP) is 5.67. The zero-order valence-electron chi connectivity index (χ0n) is 12.4. The van der Waals surface area contributed by atoms with Crippen molar-refractivity contribution in [1.29, 1.82) is 0 Å². The molecular formula is C18H17BrN2. The number of hydrogen-bond acceptors (Lipinski definition) is 2. The summed E-state index contributed by atoms with van der Waals surface area (Å²) in [5.74, 6) is 0. The van der Waals surface area contributed by atoms with E-state index in [1.807, 2.05) is 18.3 Å². The van der Waals surface area contributed by atoms with E-state index in [4.69, 9.17) is 0 Å². The number of halogens is 1. The molecule has 3 rings (SSSR count). The van der Waals surface area contributed by atoms with Crippen LogP contribution in [0.1, 0.15) is 16.7 Å². The monoisotopic (exact) mass is 340 g/mol. The Bertz CT molecular complexity index is 825. The molecule has 1 N–H and O–H groups in total. The Hall–Kier alpha value is -1.87. The molecule has 3 heteroatoms. The van der Waals surface area contributed by atoms with Crippen LogP contribution in [-0.2, 0) is 0 Å². The first kappa shape index (κ1) is 14.1. The van der Waals surface area contributed by atoms with E-state index in [1.54, 1.807) is 0 Å². The van der Waals surface area contributed by atoms with Gasteiger partial charge in [-0.2, -0.15) is 0 Å². The number of benzene rings is 2. The van der Waals surface area contributed by atoms with E-state index >= 15 is 0 Å². The zero-order valence-corrected chi connectivity index (χ0v) is 14.0. The second-order valence-corrected chi connectivity index (χ2v) is 6.26. The van der Waals surface area contributed by atoms with E-state index in [-0.39, 0.29) is 0 Å². The lowest BCUT2D eigenvalue weighted by Crippen LogP contribution is -1.96. The molecule has 1 heterocycles. The lowest BCUT2D eigenvalue weighted by atomic mass is 10.0. The molecule has 0 atom stereocenters. The molecule has 0 aliphatic heterocycles. The summed E-state index contributed by atoms with van der Waals surface area (Å²) in [5.41, 5.74) is 6.99. The third-order valence-electron chi connectivity index (χ3n) is 3.89. The van der Waals surface area contributed by atoms with Crippen LogP contribution in [-0.4, -0.2) is 4.98 Å². The Kier molecular flexibility index (Phi) is 3.68. The van der Waals surface area contributed by atoms with Gasteiger partial charge < -0.3 is 5.32 Å². The molecule has 2 nitrogen and oxygen atoms in total. The van der Waals surface area contributed by atoms with E-state index in [1.165, 1.54) is 16.7 Å². The van der Waals surface area contributed by atoms with Gasteiger partial charge in [-0.15, -0.1) is 0 Å². The Labute approximate surface area is 133 Å². The fourth-order valence-electron chi connectivity index (χ4n) is 2.48. The van der Waals surface area contributed by atoms with E-state index in [9.17, 15) is 0 Å². The second kappa shape index (κ2) is 5.49.